The number of carbonyl (C=O) groups excluding carboxylic acids is 1. The molecule has 2 N–H and O–H groups in total. The van der Waals surface area contributed by atoms with Gasteiger partial charge in [-0.1, -0.05) is 6.07 Å². The summed E-state index contributed by atoms with van der Waals surface area (Å²) in [6.07, 6.45) is 2.48. The quantitative estimate of drug-likeness (QED) is 0.744. The van der Waals surface area contributed by atoms with Crippen LogP contribution in [0, 0.1) is 5.82 Å². The molecule has 1 aromatic rings. The first-order valence-electron chi connectivity index (χ1n) is 5.01. The van der Waals surface area contributed by atoms with Gasteiger partial charge in [0.15, 0.2) is 0 Å². The van der Waals surface area contributed by atoms with Crippen molar-refractivity contribution >= 4 is 17.4 Å². The summed E-state index contributed by atoms with van der Waals surface area (Å²) in [6, 6.07) is 3.97. The molecule has 0 saturated carbocycles. The summed E-state index contributed by atoms with van der Waals surface area (Å²) in [4.78, 5) is 11.7. The minimum atomic E-state index is -0.557. The van der Waals surface area contributed by atoms with Crippen LogP contribution in [0.25, 0.3) is 11.6 Å². The fourth-order valence-electron chi connectivity index (χ4n) is 2.12. The van der Waals surface area contributed by atoms with Crippen LogP contribution >= 0.6 is 0 Å². The molecule has 0 bridgehead atoms. The molecule has 0 unspecified atom stereocenters. The number of halogens is 2. The van der Waals surface area contributed by atoms with Crippen LogP contribution in [0.1, 0.15) is 11.1 Å². The molecule has 0 fully saturated rings. The molecule has 3 rings (SSSR count). The number of hydrogen-bond acceptors (Lipinski definition) is 2. The van der Waals surface area contributed by atoms with Crippen LogP contribution in [0.3, 0.4) is 0 Å². The van der Waals surface area contributed by atoms with Crippen molar-refractivity contribution in [2.45, 2.75) is 0 Å². The van der Waals surface area contributed by atoms with E-state index in [1.54, 1.807) is 0 Å². The Hall–Kier alpha value is -2.23. The SMILES string of the molecule is NC1=CC(F)=C2C(=Cc3cc(F)ccc32)C1=O. The summed E-state index contributed by atoms with van der Waals surface area (Å²) in [6.45, 7) is 0. The molecule has 4 heteroatoms. The maximum Gasteiger partial charge on any atom is 0.209 e. The Morgan fingerprint density at radius 1 is 1.12 bits per heavy atom. The largest absolute Gasteiger partial charge is 0.395 e. The zero-order valence-corrected chi connectivity index (χ0v) is 8.63. The number of benzene rings is 1. The fourth-order valence-corrected chi connectivity index (χ4v) is 2.12. The van der Waals surface area contributed by atoms with E-state index in [4.69, 9.17) is 5.73 Å². The average molecular weight is 231 g/mol. The summed E-state index contributed by atoms with van der Waals surface area (Å²) >= 11 is 0. The number of rotatable bonds is 0. The van der Waals surface area contributed by atoms with Gasteiger partial charge < -0.3 is 5.73 Å². The number of carbonyl (C=O) groups is 1. The van der Waals surface area contributed by atoms with Gasteiger partial charge in [0.1, 0.15) is 11.6 Å². The molecular weight excluding hydrogens is 224 g/mol. The van der Waals surface area contributed by atoms with Crippen molar-refractivity contribution in [3.63, 3.8) is 0 Å². The molecule has 0 amide bonds. The molecule has 2 aliphatic carbocycles. The van der Waals surface area contributed by atoms with E-state index in [2.05, 4.69) is 0 Å². The Bertz CT molecular complexity index is 653. The molecule has 0 atom stereocenters. The summed E-state index contributed by atoms with van der Waals surface area (Å²) in [5.41, 5.74) is 6.71. The Balaban J connectivity index is 2.31. The minimum Gasteiger partial charge on any atom is -0.395 e. The van der Waals surface area contributed by atoms with Gasteiger partial charge in [0, 0.05) is 17.2 Å². The van der Waals surface area contributed by atoms with E-state index in [-0.39, 0.29) is 16.8 Å². The smallest absolute Gasteiger partial charge is 0.209 e. The van der Waals surface area contributed by atoms with Gasteiger partial charge in [0.05, 0.1) is 5.70 Å². The van der Waals surface area contributed by atoms with Crippen LogP contribution in [-0.2, 0) is 4.79 Å². The molecular formula is C13H7F2NO. The highest BCUT2D eigenvalue weighted by molar-refractivity contribution is 6.25. The molecule has 0 aliphatic heterocycles. The predicted octanol–water partition coefficient (Wildman–Crippen LogP) is 2.33. The van der Waals surface area contributed by atoms with Gasteiger partial charge >= 0.3 is 0 Å². The highest BCUT2D eigenvalue weighted by Gasteiger charge is 2.31. The van der Waals surface area contributed by atoms with E-state index in [1.807, 2.05) is 0 Å². The van der Waals surface area contributed by atoms with Crippen molar-refractivity contribution in [1.29, 1.82) is 0 Å². The highest BCUT2D eigenvalue weighted by atomic mass is 19.1. The summed E-state index contributed by atoms with van der Waals surface area (Å²) in [7, 11) is 0. The van der Waals surface area contributed by atoms with E-state index in [1.165, 1.54) is 24.3 Å². The zero-order chi connectivity index (χ0) is 12.2. The molecule has 17 heavy (non-hydrogen) atoms. The van der Waals surface area contributed by atoms with Crippen LogP contribution in [0.15, 0.2) is 41.4 Å². The predicted molar refractivity (Wildman–Crippen MR) is 59.7 cm³/mol. The Morgan fingerprint density at radius 2 is 1.88 bits per heavy atom. The second kappa shape index (κ2) is 3.13. The van der Waals surface area contributed by atoms with Gasteiger partial charge in [-0.3, -0.25) is 4.79 Å². The maximum absolute atomic E-state index is 13.8. The van der Waals surface area contributed by atoms with Crippen molar-refractivity contribution in [2.24, 2.45) is 5.73 Å². The number of nitrogens with two attached hydrogens (primary N) is 1. The second-order valence-electron chi connectivity index (χ2n) is 3.94. The molecule has 0 aromatic heterocycles. The molecule has 2 aliphatic rings. The lowest BCUT2D eigenvalue weighted by Crippen LogP contribution is -2.17. The van der Waals surface area contributed by atoms with Crippen molar-refractivity contribution in [3.05, 3.63) is 58.3 Å². The lowest BCUT2D eigenvalue weighted by molar-refractivity contribution is -0.111. The van der Waals surface area contributed by atoms with E-state index < -0.39 is 17.4 Å². The maximum atomic E-state index is 13.8. The molecule has 84 valence electrons. The second-order valence-corrected chi connectivity index (χ2v) is 3.94. The van der Waals surface area contributed by atoms with Gasteiger partial charge in [0.25, 0.3) is 0 Å². The molecule has 0 radical (unpaired) electrons. The lowest BCUT2D eigenvalue weighted by Gasteiger charge is -2.12. The van der Waals surface area contributed by atoms with E-state index in [0.29, 0.717) is 11.1 Å². The monoisotopic (exact) mass is 231 g/mol. The normalized spacial score (nSPS) is 17.6. The van der Waals surface area contributed by atoms with E-state index in [9.17, 15) is 13.6 Å². The highest BCUT2D eigenvalue weighted by Crippen LogP contribution is 2.41. The van der Waals surface area contributed by atoms with Crippen molar-refractivity contribution in [3.8, 4) is 0 Å². The number of allylic oxidation sites excluding steroid dienone is 4. The average Bonchev–Trinajstić information content (AvgIpc) is 2.64. The Kier molecular flexibility index (Phi) is 1.84. The third-order valence-electron chi connectivity index (χ3n) is 2.88. The topological polar surface area (TPSA) is 43.1 Å². The van der Waals surface area contributed by atoms with E-state index in [0.717, 1.165) is 6.08 Å². The Labute approximate surface area is 95.7 Å². The number of ketones is 1. The lowest BCUT2D eigenvalue weighted by atomic mass is 9.94. The van der Waals surface area contributed by atoms with Gasteiger partial charge in [0.2, 0.25) is 5.78 Å². The number of fused-ring (bicyclic) bond motifs is 3. The van der Waals surface area contributed by atoms with Crippen LogP contribution in [0.4, 0.5) is 8.78 Å². The number of hydrogen-bond donors (Lipinski definition) is 1. The first kappa shape index (κ1) is 9.96. The van der Waals surface area contributed by atoms with Crippen molar-refractivity contribution in [1.82, 2.24) is 0 Å². The molecule has 0 heterocycles. The molecule has 0 saturated heterocycles. The summed E-state index contributed by atoms with van der Waals surface area (Å²) in [5, 5.41) is 0. The third-order valence-corrected chi connectivity index (χ3v) is 2.88. The van der Waals surface area contributed by atoms with Crippen molar-refractivity contribution < 1.29 is 13.6 Å². The standard InChI is InChI=1S/C13H7F2NO/c14-7-1-2-8-6(3-7)4-9-12(8)10(15)5-11(16)13(9)17/h1-5H,16H2. The molecule has 1 aromatic carbocycles. The zero-order valence-electron chi connectivity index (χ0n) is 8.63. The summed E-state index contributed by atoms with van der Waals surface area (Å²) < 4.78 is 26.8. The Morgan fingerprint density at radius 3 is 2.65 bits per heavy atom. The van der Waals surface area contributed by atoms with E-state index >= 15 is 0 Å². The van der Waals surface area contributed by atoms with Gasteiger partial charge in [-0.15, -0.1) is 0 Å². The van der Waals surface area contributed by atoms with Gasteiger partial charge in [-0.05, 0) is 29.3 Å². The fraction of sp³-hybridized carbons (Fsp3) is 0. The van der Waals surface area contributed by atoms with Crippen LogP contribution < -0.4 is 5.73 Å². The molecule has 0 spiro atoms. The van der Waals surface area contributed by atoms with Gasteiger partial charge in [-0.25, -0.2) is 8.78 Å². The van der Waals surface area contributed by atoms with Crippen molar-refractivity contribution in [2.75, 3.05) is 0 Å². The third kappa shape index (κ3) is 1.27. The van der Waals surface area contributed by atoms with Crippen LogP contribution in [0.5, 0.6) is 0 Å². The summed E-state index contributed by atoms with van der Waals surface area (Å²) in [5.74, 6) is -1.40. The minimum absolute atomic E-state index is 0.134. The first-order chi connectivity index (χ1) is 8.08. The van der Waals surface area contributed by atoms with Crippen LogP contribution in [0.2, 0.25) is 0 Å². The number of Topliss-reactive ketones (excluding diaryl/α,β-unsaturated/α-hetero) is 1. The van der Waals surface area contributed by atoms with Crippen LogP contribution in [-0.4, -0.2) is 5.78 Å². The van der Waals surface area contributed by atoms with Gasteiger partial charge in [-0.2, -0.15) is 0 Å². The first-order valence-corrected chi connectivity index (χ1v) is 5.01. The molecule has 2 nitrogen and oxygen atoms in total.